The summed E-state index contributed by atoms with van der Waals surface area (Å²) >= 11 is 0. The number of amides is 1. The van der Waals surface area contributed by atoms with Gasteiger partial charge in [-0.25, -0.2) is 0 Å². The fourth-order valence-electron chi connectivity index (χ4n) is 2.98. The first-order chi connectivity index (χ1) is 9.24. The van der Waals surface area contributed by atoms with E-state index in [1.807, 2.05) is 0 Å². The molecule has 0 aromatic heterocycles. The number of rotatable bonds is 2. The van der Waals surface area contributed by atoms with Gasteiger partial charge in [-0.2, -0.15) is 0 Å². The minimum Gasteiger partial charge on any atom is -0.373 e. The molecule has 0 spiro atoms. The zero-order valence-electron chi connectivity index (χ0n) is 11.3. The Morgan fingerprint density at radius 3 is 2.84 bits per heavy atom. The summed E-state index contributed by atoms with van der Waals surface area (Å²) in [4.78, 5) is 12.3. The quantitative estimate of drug-likeness (QED) is 0.748. The van der Waals surface area contributed by atoms with E-state index < -0.39 is 0 Å². The van der Waals surface area contributed by atoms with Crippen LogP contribution in [-0.2, 0) is 11.2 Å². The number of fused-ring (bicyclic) bond motifs is 1. The van der Waals surface area contributed by atoms with Crippen molar-refractivity contribution in [3.8, 4) is 0 Å². The normalized spacial score (nSPS) is 22.7. The van der Waals surface area contributed by atoms with Gasteiger partial charge in [-0.1, -0.05) is 18.2 Å². The van der Waals surface area contributed by atoms with E-state index in [0.29, 0.717) is 6.04 Å². The first kappa shape index (κ1) is 12.5. The summed E-state index contributed by atoms with van der Waals surface area (Å²) in [6.45, 7) is 4.09. The molecule has 1 aromatic carbocycles. The number of hydrogen-bond donors (Lipinski definition) is 3. The molecule has 1 aromatic rings. The van der Waals surface area contributed by atoms with Crippen LogP contribution in [0.2, 0.25) is 0 Å². The van der Waals surface area contributed by atoms with Crippen LogP contribution in [0, 0.1) is 6.92 Å². The summed E-state index contributed by atoms with van der Waals surface area (Å²) in [7, 11) is 0. The molecule has 19 heavy (non-hydrogen) atoms. The smallest absolute Gasteiger partial charge is 0.243 e. The number of carbonyl (C=O) groups excluding carboxylic acids is 1. The average molecular weight is 259 g/mol. The van der Waals surface area contributed by atoms with Gasteiger partial charge in [-0.05, 0) is 44.0 Å². The van der Waals surface area contributed by atoms with Crippen molar-refractivity contribution in [3.05, 3.63) is 29.3 Å². The molecule has 0 bridgehead atoms. The lowest BCUT2D eigenvalue weighted by atomic mass is 10.0. The zero-order chi connectivity index (χ0) is 13.2. The highest BCUT2D eigenvalue weighted by molar-refractivity contribution is 5.88. The van der Waals surface area contributed by atoms with Gasteiger partial charge in [0.2, 0.25) is 5.91 Å². The Kier molecular flexibility index (Phi) is 3.42. The lowest BCUT2D eigenvalue weighted by Gasteiger charge is -2.25. The Morgan fingerprint density at radius 1 is 1.32 bits per heavy atom. The number of benzene rings is 1. The predicted molar refractivity (Wildman–Crippen MR) is 76.3 cm³/mol. The molecule has 1 amide bonds. The van der Waals surface area contributed by atoms with Crippen molar-refractivity contribution in [2.24, 2.45) is 0 Å². The third-order valence-electron chi connectivity index (χ3n) is 4.10. The first-order valence-corrected chi connectivity index (χ1v) is 7.10. The van der Waals surface area contributed by atoms with E-state index in [4.69, 9.17) is 0 Å². The van der Waals surface area contributed by atoms with E-state index in [9.17, 15) is 4.79 Å². The summed E-state index contributed by atoms with van der Waals surface area (Å²) in [6, 6.07) is 6.47. The highest BCUT2D eigenvalue weighted by Crippen LogP contribution is 2.29. The molecule has 2 heterocycles. The van der Waals surface area contributed by atoms with Crippen LogP contribution in [0.4, 0.5) is 5.69 Å². The number of para-hydroxylation sites is 1. The summed E-state index contributed by atoms with van der Waals surface area (Å²) in [5.41, 5.74) is 3.62. The van der Waals surface area contributed by atoms with Crippen LogP contribution in [0.3, 0.4) is 0 Å². The fourth-order valence-corrected chi connectivity index (χ4v) is 2.98. The van der Waals surface area contributed by atoms with Gasteiger partial charge in [0.05, 0.1) is 0 Å². The van der Waals surface area contributed by atoms with E-state index in [0.717, 1.165) is 38.0 Å². The van der Waals surface area contributed by atoms with Crippen molar-refractivity contribution in [3.63, 3.8) is 0 Å². The van der Waals surface area contributed by atoms with Crippen molar-refractivity contribution >= 4 is 11.6 Å². The van der Waals surface area contributed by atoms with Gasteiger partial charge in [0.25, 0.3) is 0 Å². The Hall–Kier alpha value is -1.55. The summed E-state index contributed by atoms with van der Waals surface area (Å²) in [5.74, 6) is 0.141. The van der Waals surface area contributed by atoms with Crippen molar-refractivity contribution in [2.75, 3.05) is 18.4 Å². The Morgan fingerprint density at radius 2 is 2.11 bits per heavy atom. The van der Waals surface area contributed by atoms with Gasteiger partial charge in [-0.3, -0.25) is 4.79 Å². The Bertz CT molecular complexity index is 480. The molecule has 1 saturated heterocycles. The van der Waals surface area contributed by atoms with Crippen LogP contribution in [0.5, 0.6) is 0 Å². The van der Waals surface area contributed by atoms with Crippen LogP contribution in [0.15, 0.2) is 18.2 Å². The third kappa shape index (κ3) is 2.59. The highest BCUT2D eigenvalue weighted by atomic mass is 16.2. The second kappa shape index (κ2) is 5.21. The monoisotopic (exact) mass is 259 g/mol. The number of nitrogens with one attached hydrogen (secondary N) is 3. The SMILES string of the molecule is Cc1cccc2c1NC(C(=O)NC1CCNCC1)C2. The molecule has 1 unspecified atom stereocenters. The number of carbonyl (C=O) groups is 1. The molecule has 2 aliphatic heterocycles. The summed E-state index contributed by atoms with van der Waals surface area (Å²) in [6.07, 6.45) is 2.86. The molecule has 0 aliphatic carbocycles. The van der Waals surface area contributed by atoms with Gasteiger partial charge >= 0.3 is 0 Å². The third-order valence-corrected chi connectivity index (χ3v) is 4.10. The van der Waals surface area contributed by atoms with Gasteiger partial charge < -0.3 is 16.0 Å². The topological polar surface area (TPSA) is 53.2 Å². The minimum atomic E-state index is -0.106. The molecule has 1 fully saturated rings. The van der Waals surface area contributed by atoms with E-state index >= 15 is 0 Å². The molecule has 102 valence electrons. The molecule has 0 radical (unpaired) electrons. The van der Waals surface area contributed by atoms with Crippen LogP contribution < -0.4 is 16.0 Å². The number of piperidine rings is 1. The van der Waals surface area contributed by atoms with Crippen LogP contribution in [0.1, 0.15) is 24.0 Å². The van der Waals surface area contributed by atoms with Crippen molar-refractivity contribution in [1.82, 2.24) is 10.6 Å². The van der Waals surface area contributed by atoms with E-state index in [2.05, 4.69) is 41.1 Å². The lowest BCUT2D eigenvalue weighted by molar-refractivity contribution is -0.122. The standard InChI is InChI=1S/C15H21N3O/c1-10-3-2-4-11-9-13(18-14(10)11)15(19)17-12-5-7-16-8-6-12/h2-4,12-13,16,18H,5-9H2,1H3,(H,17,19). The molecule has 3 N–H and O–H groups in total. The van der Waals surface area contributed by atoms with Crippen LogP contribution >= 0.6 is 0 Å². The molecule has 1 atom stereocenters. The van der Waals surface area contributed by atoms with Gasteiger partial charge in [0, 0.05) is 18.2 Å². The van der Waals surface area contributed by atoms with Crippen LogP contribution in [0.25, 0.3) is 0 Å². The second-order valence-corrected chi connectivity index (χ2v) is 5.54. The molecule has 3 rings (SSSR count). The van der Waals surface area contributed by atoms with Crippen LogP contribution in [-0.4, -0.2) is 31.1 Å². The van der Waals surface area contributed by atoms with Gasteiger partial charge in [0.15, 0.2) is 0 Å². The van der Waals surface area contributed by atoms with Crippen molar-refractivity contribution in [2.45, 2.75) is 38.3 Å². The fraction of sp³-hybridized carbons (Fsp3) is 0.533. The molecular weight excluding hydrogens is 238 g/mol. The maximum Gasteiger partial charge on any atom is 0.243 e. The molecule has 0 saturated carbocycles. The predicted octanol–water partition coefficient (Wildman–Crippen LogP) is 1.20. The van der Waals surface area contributed by atoms with E-state index in [1.165, 1.54) is 11.1 Å². The second-order valence-electron chi connectivity index (χ2n) is 5.54. The summed E-state index contributed by atoms with van der Waals surface area (Å²) < 4.78 is 0. The number of aryl methyl sites for hydroxylation is 1. The Balaban J connectivity index is 1.62. The number of hydrogen-bond acceptors (Lipinski definition) is 3. The molecule has 4 heteroatoms. The minimum absolute atomic E-state index is 0.106. The molecular formula is C15H21N3O. The van der Waals surface area contributed by atoms with E-state index in [-0.39, 0.29) is 11.9 Å². The van der Waals surface area contributed by atoms with Gasteiger partial charge in [0.1, 0.15) is 6.04 Å². The maximum absolute atomic E-state index is 12.3. The van der Waals surface area contributed by atoms with Crippen molar-refractivity contribution in [1.29, 1.82) is 0 Å². The zero-order valence-corrected chi connectivity index (χ0v) is 11.3. The van der Waals surface area contributed by atoms with Gasteiger partial charge in [-0.15, -0.1) is 0 Å². The maximum atomic E-state index is 12.3. The number of anilines is 1. The lowest BCUT2D eigenvalue weighted by Crippen LogP contribution is -2.47. The van der Waals surface area contributed by atoms with Crippen molar-refractivity contribution < 1.29 is 4.79 Å². The molecule has 4 nitrogen and oxygen atoms in total. The molecule has 2 aliphatic rings. The summed E-state index contributed by atoms with van der Waals surface area (Å²) in [5, 5.41) is 9.85. The highest BCUT2D eigenvalue weighted by Gasteiger charge is 2.28. The Labute approximate surface area is 114 Å². The van der Waals surface area contributed by atoms with E-state index in [1.54, 1.807) is 0 Å². The largest absolute Gasteiger partial charge is 0.373 e. The first-order valence-electron chi connectivity index (χ1n) is 7.10. The average Bonchev–Trinajstić information content (AvgIpc) is 2.85.